The highest BCUT2D eigenvalue weighted by Crippen LogP contribution is 2.28. The third-order valence-corrected chi connectivity index (χ3v) is 4.94. The lowest BCUT2D eigenvalue weighted by Crippen LogP contribution is -2.49. The minimum Gasteiger partial charge on any atom is -0.493 e. The van der Waals surface area contributed by atoms with E-state index in [1.165, 1.54) is 17.0 Å². The molecule has 168 valence electrons. The molecule has 0 aromatic heterocycles. The van der Waals surface area contributed by atoms with Crippen LogP contribution in [0.1, 0.15) is 38.3 Å². The zero-order chi connectivity index (χ0) is 23.0. The van der Waals surface area contributed by atoms with Gasteiger partial charge in [-0.25, -0.2) is 4.39 Å². The van der Waals surface area contributed by atoms with E-state index in [1.54, 1.807) is 39.3 Å². The van der Waals surface area contributed by atoms with Crippen molar-refractivity contribution in [1.29, 1.82) is 0 Å². The molecule has 0 saturated carbocycles. The van der Waals surface area contributed by atoms with Gasteiger partial charge in [-0.1, -0.05) is 18.2 Å². The second-order valence-electron chi connectivity index (χ2n) is 7.68. The lowest BCUT2D eigenvalue weighted by molar-refractivity contribution is -0.140. The van der Waals surface area contributed by atoms with Gasteiger partial charge in [-0.2, -0.15) is 0 Å². The van der Waals surface area contributed by atoms with Gasteiger partial charge in [0, 0.05) is 19.0 Å². The number of carbonyl (C=O) groups is 2. The molecule has 2 aromatic rings. The van der Waals surface area contributed by atoms with Gasteiger partial charge in [-0.15, -0.1) is 0 Å². The molecule has 0 aliphatic carbocycles. The maximum atomic E-state index is 13.3. The molecule has 0 unspecified atom stereocenters. The molecule has 31 heavy (non-hydrogen) atoms. The molecule has 6 nitrogen and oxygen atoms in total. The third kappa shape index (κ3) is 6.98. The normalized spacial score (nSPS) is 11.7. The van der Waals surface area contributed by atoms with E-state index in [0.29, 0.717) is 17.9 Å². The number of carbonyl (C=O) groups excluding carboxylic acids is 2. The molecule has 0 fully saturated rings. The molecule has 0 saturated heterocycles. The summed E-state index contributed by atoms with van der Waals surface area (Å²) in [5, 5.41) is 2.85. The first kappa shape index (κ1) is 24.2. The first-order valence-corrected chi connectivity index (χ1v) is 10.3. The van der Waals surface area contributed by atoms with Crippen LogP contribution in [0.2, 0.25) is 0 Å². The first-order chi connectivity index (χ1) is 14.7. The Morgan fingerprint density at radius 2 is 1.58 bits per heavy atom. The van der Waals surface area contributed by atoms with Gasteiger partial charge in [0.05, 0.1) is 14.2 Å². The van der Waals surface area contributed by atoms with Crippen molar-refractivity contribution in [2.45, 2.75) is 52.2 Å². The number of nitrogens with zero attached hydrogens (tertiary/aromatic N) is 1. The molecule has 0 bridgehead atoms. The van der Waals surface area contributed by atoms with E-state index in [-0.39, 0.29) is 36.6 Å². The fraction of sp³-hybridized carbons (Fsp3) is 0.417. The minimum absolute atomic E-state index is 0.0375. The lowest BCUT2D eigenvalue weighted by atomic mass is 10.1. The number of aryl methyl sites for hydroxylation is 1. The smallest absolute Gasteiger partial charge is 0.242 e. The van der Waals surface area contributed by atoms with Crippen LogP contribution in [0.3, 0.4) is 0 Å². The Morgan fingerprint density at radius 3 is 2.16 bits per heavy atom. The SMILES string of the molecule is COc1ccc(CCC(=O)N(Cc2ccc(F)cc2)[C@H](C)C(=O)NC(C)C)cc1OC. The van der Waals surface area contributed by atoms with E-state index in [0.717, 1.165) is 11.1 Å². The Labute approximate surface area is 183 Å². The van der Waals surface area contributed by atoms with Crippen LogP contribution in [-0.4, -0.2) is 43.0 Å². The fourth-order valence-electron chi connectivity index (χ4n) is 3.21. The highest BCUT2D eigenvalue weighted by Gasteiger charge is 2.26. The van der Waals surface area contributed by atoms with Crippen molar-refractivity contribution in [3.8, 4) is 11.5 Å². The summed E-state index contributed by atoms with van der Waals surface area (Å²) in [4.78, 5) is 27.2. The molecule has 7 heteroatoms. The molecule has 2 amide bonds. The van der Waals surface area contributed by atoms with Crippen LogP contribution in [0.15, 0.2) is 42.5 Å². The van der Waals surface area contributed by atoms with Crippen molar-refractivity contribution in [2.24, 2.45) is 0 Å². The number of benzene rings is 2. The monoisotopic (exact) mass is 430 g/mol. The number of hydrogen-bond donors (Lipinski definition) is 1. The Morgan fingerprint density at radius 1 is 0.968 bits per heavy atom. The van der Waals surface area contributed by atoms with Gasteiger partial charge in [-0.05, 0) is 62.6 Å². The van der Waals surface area contributed by atoms with E-state index >= 15 is 0 Å². The summed E-state index contributed by atoms with van der Waals surface area (Å²) in [5.74, 6) is 0.484. The third-order valence-electron chi connectivity index (χ3n) is 4.94. The second kappa shape index (κ2) is 11.3. The maximum Gasteiger partial charge on any atom is 0.242 e. The molecule has 1 N–H and O–H groups in total. The summed E-state index contributed by atoms with van der Waals surface area (Å²) in [6.45, 7) is 5.66. The number of ether oxygens (including phenoxy) is 2. The second-order valence-corrected chi connectivity index (χ2v) is 7.68. The van der Waals surface area contributed by atoms with Crippen molar-refractivity contribution < 1.29 is 23.5 Å². The Hall–Kier alpha value is -3.09. The van der Waals surface area contributed by atoms with Gasteiger partial charge in [-0.3, -0.25) is 9.59 Å². The molecule has 0 aliphatic heterocycles. The van der Waals surface area contributed by atoms with E-state index in [2.05, 4.69) is 5.32 Å². The predicted octanol–water partition coefficient (Wildman–Crippen LogP) is 3.72. The molecule has 2 rings (SSSR count). The average molecular weight is 431 g/mol. The number of nitrogens with one attached hydrogen (secondary N) is 1. The van der Waals surface area contributed by atoms with E-state index in [4.69, 9.17) is 9.47 Å². The molecule has 1 atom stereocenters. The van der Waals surface area contributed by atoms with Gasteiger partial charge < -0.3 is 19.7 Å². The summed E-state index contributed by atoms with van der Waals surface area (Å²) in [6.07, 6.45) is 0.702. The summed E-state index contributed by atoms with van der Waals surface area (Å²) < 4.78 is 23.8. The number of methoxy groups -OCH3 is 2. The van der Waals surface area contributed by atoms with Gasteiger partial charge in [0.2, 0.25) is 11.8 Å². The van der Waals surface area contributed by atoms with Gasteiger partial charge in [0.15, 0.2) is 11.5 Å². The minimum atomic E-state index is -0.662. The van der Waals surface area contributed by atoms with Crippen LogP contribution in [0.25, 0.3) is 0 Å². The van der Waals surface area contributed by atoms with Crippen LogP contribution in [0.4, 0.5) is 4.39 Å². The quantitative estimate of drug-likeness (QED) is 0.624. The average Bonchev–Trinajstić information content (AvgIpc) is 2.75. The van der Waals surface area contributed by atoms with Crippen LogP contribution < -0.4 is 14.8 Å². The van der Waals surface area contributed by atoms with Crippen molar-refractivity contribution >= 4 is 11.8 Å². The van der Waals surface area contributed by atoms with E-state index in [9.17, 15) is 14.0 Å². The highest BCUT2D eigenvalue weighted by molar-refractivity contribution is 5.87. The number of rotatable bonds is 10. The molecule has 0 heterocycles. The zero-order valence-electron chi connectivity index (χ0n) is 18.8. The van der Waals surface area contributed by atoms with Crippen LogP contribution in [0, 0.1) is 5.82 Å². The maximum absolute atomic E-state index is 13.3. The van der Waals surface area contributed by atoms with E-state index in [1.807, 2.05) is 26.0 Å². The number of hydrogen-bond acceptors (Lipinski definition) is 4. The molecule has 0 spiro atoms. The number of halogens is 1. The summed E-state index contributed by atoms with van der Waals surface area (Å²) in [7, 11) is 3.13. The number of amides is 2. The van der Waals surface area contributed by atoms with Crippen LogP contribution in [0.5, 0.6) is 11.5 Å². The Bertz CT molecular complexity index is 884. The van der Waals surface area contributed by atoms with E-state index < -0.39 is 6.04 Å². The molecule has 0 aliphatic rings. The zero-order valence-corrected chi connectivity index (χ0v) is 18.8. The highest BCUT2D eigenvalue weighted by atomic mass is 19.1. The van der Waals surface area contributed by atoms with Crippen molar-refractivity contribution in [3.63, 3.8) is 0 Å². The molecule has 2 aromatic carbocycles. The Balaban J connectivity index is 2.16. The van der Waals surface area contributed by atoms with Crippen molar-refractivity contribution in [1.82, 2.24) is 10.2 Å². The molecular weight excluding hydrogens is 399 g/mol. The van der Waals surface area contributed by atoms with Gasteiger partial charge in [0.25, 0.3) is 0 Å². The molecular formula is C24H31FN2O4. The van der Waals surface area contributed by atoms with Crippen molar-refractivity contribution in [2.75, 3.05) is 14.2 Å². The van der Waals surface area contributed by atoms with Crippen molar-refractivity contribution in [3.05, 3.63) is 59.4 Å². The van der Waals surface area contributed by atoms with Crippen LogP contribution in [-0.2, 0) is 22.6 Å². The van der Waals surface area contributed by atoms with Gasteiger partial charge in [0.1, 0.15) is 11.9 Å². The van der Waals surface area contributed by atoms with Gasteiger partial charge >= 0.3 is 0 Å². The predicted molar refractivity (Wildman–Crippen MR) is 118 cm³/mol. The van der Waals surface area contributed by atoms with Crippen LogP contribution >= 0.6 is 0 Å². The largest absolute Gasteiger partial charge is 0.493 e. The standard InChI is InChI=1S/C24H31FN2O4/c1-16(2)26-24(29)17(3)27(15-19-6-10-20(25)11-7-19)23(28)13-9-18-8-12-21(30-4)22(14-18)31-5/h6-8,10-12,14,16-17H,9,13,15H2,1-5H3,(H,26,29)/t17-/m1/s1. The topological polar surface area (TPSA) is 67.9 Å². The summed E-state index contributed by atoms with van der Waals surface area (Å²) in [6, 6.07) is 10.8. The lowest BCUT2D eigenvalue weighted by Gasteiger charge is -2.29. The first-order valence-electron chi connectivity index (χ1n) is 10.3. The fourth-order valence-corrected chi connectivity index (χ4v) is 3.21. The summed E-state index contributed by atoms with van der Waals surface area (Å²) in [5.41, 5.74) is 1.68. The Kier molecular flexibility index (Phi) is 8.85. The summed E-state index contributed by atoms with van der Waals surface area (Å²) >= 11 is 0. The molecule has 0 radical (unpaired) electrons.